The van der Waals surface area contributed by atoms with Crippen LogP contribution < -0.4 is 5.32 Å². The topological polar surface area (TPSA) is 21.3 Å². The zero-order valence-electron chi connectivity index (χ0n) is 8.13. The maximum Gasteiger partial charge on any atom is 0.139 e. The Bertz CT molecular complexity index is 269. The van der Waals surface area contributed by atoms with Gasteiger partial charge in [0.15, 0.2) is 0 Å². The van der Waals surface area contributed by atoms with E-state index in [0.29, 0.717) is 6.73 Å². The Hall–Kier alpha value is -1.02. The first kappa shape index (κ1) is 8.57. The summed E-state index contributed by atoms with van der Waals surface area (Å²) in [6.07, 6.45) is 8.62. The molecule has 0 aromatic heterocycles. The van der Waals surface area contributed by atoms with E-state index in [2.05, 4.69) is 43.5 Å². The SMILES string of the molecule is CC1(C)C=CC2=C(C=C1)OCNC2. The summed E-state index contributed by atoms with van der Waals surface area (Å²) in [5.74, 6) is 1.01. The van der Waals surface area contributed by atoms with Gasteiger partial charge in [0.1, 0.15) is 12.5 Å². The molecule has 0 aromatic carbocycles. The molecule has 2 rings (SSSR count). The maximum absolute atomic E-state index is 5.49. The molecule has 0 amide bonds. The molecule has 1 heterocycles. The van der Waals surface area contributed by atoms with E-state index in [4.69, 9.17) is 4.74 Å². The second-order valence-electron chi connectivity index (χ2n) is 4.09. The molecule has 0 unspecified atom stereocenters. The molecule has 0 radical (unpaired) electrons. The highest BCUT2D eigenvalue weighted by Gasteiger charge is 2.16. The number of rotatable bonds is 0. The van der Waals surface area contributed by atoms with Crippen molar-refractivity contribution in [2.45, 2.75) is 13.8 Å². The van der Waals surface area contributed by atoms with Crippen LogP contribution in [0, 0.1) is 5.41 Å². The molecule has 0 saturated heterocycles. The lowest BCUT2D eigenvalue weighted by Gasteiger charge is -2.17. The van der Waals surface area contributed by atoms with Gasteiger partial charge < -0.3 is 4.74 Å². The van der Waals surface area contributed by atoms with Crippen LogP contribution in [0.25, 0.3) is 0 Å². The Labute approximate surface area is 79.0 Å². The number of hydrogen-bond acceptors (Lipinski definition) is 2. The number of ether oxygens (including phenoxy) is 1. The summed E-state index contributed by atoms with van der Waals surface area (Å²) in [5, 5.41) is 3.17. The van der Waals surface area contributed by atoms with Crippen molar-refractivity contribution in [3.8, 4) is 0 Å². The van der Waals surface area contributed by atoms with Crippen molar-refractivity contribution in [2.24, 2.45) is 5.41 Å². The molecule has 0 bridgehead atoms. The van der Waals surface area contributed by atoms with Gasteiger partial charge in [0.05, 0.1) is 0 Å². The molecular formula is C11H15NO. The van der Waals surface area contributed by atoms with Crippen LogP contribution in [0.3, 0.4) is 0 Å². The zero-order valence-corrected chi connectivity index (χ0v) is 8.13. The fourth-order valence-electron chi connectivity index (χ4n) is 1.45. The lowest BCUT2D eigenvalue weighted by molar-refractivity contribution is 0.184. The van der Waals surface area contributed by atoms with Gasteiger partial charge in [-0.2, -0.15) is 0 Å². The molecule has 0 fully saturated rings. The van der Waals surface area contributed by atoms with Crippen LogP contribution in [0.2, 0.25) is 0 Å². The zero-order chi connectivity index (χ0) is 9.31. The van der Waals surface area contributed by atoms with Gasteiger partial charge in [-0.05, 0) is 6.08 Å². The quantitative estimate of drug-likeness (QED) is 0.610. The van der Waals surface area contributed by atoms with Crippen LogP contribution in [0.5, 0.6) is 0 Å². The summed E-state index contributed by atoms with van der Waals surface area (Å²) in [6, 6.07) is 0. The Balaban J connectivity index is 2.32. The number of hydrogen-bond donors (Lipinski definition) is 1. The lowest BCUT2D eigenvalue weighted by atomic mass is 9.93. The molecule has 2 aliphatic rings. The van der Waals surface area contributed by atoms with Crippen LogP contribution >= 0.6 is 0 Å². The van der Waals surface area contributed by atoms with Gasteiger partial charge in [-0.1, -0.05) is 32.1 Å². The summed E-state index contributed by atoms with van der Waals surface area (Å²) in [4.78, 5) is 0. The third kappa shape index (κ3) is 1.83. The molecular weight excluding hydrogens is 162 g/mol. The number of allylic oxidation sites excluding steroid dienone is 3. The van der Waals surface area contributed by atoms with E-state index < -0.39 is 0 Å². The molecule has 0 atom stereocenters. The second kappa shape index (κ2) is 3.04. The van der Waals surface area contributed by atoms with Gasteiger partial charge in [-0.3, -0.25) is 5.32 Å². The molecule has 70 valence electrons. The largest absolute Gasteiger partial charge is 0.478 e. The van der Waals surface area contributed by atoms with Crippen LogP contribution in [0.15, 0.2) is 35.6 Å². The van der Waals surface area contributed by atoms with E-state index >= 15 is 0 Å². The van der Waals surface area contributed by atoms with Gasteiger partial charge in [-0.15, -0.1) is 0 Å². The average Bonchev–Trinajstić information content (AvgIpc) is 2.27. The minimum Gasteiger partial charge on any atom is -0.478 e. The Kier molecular flexibility index (Phi) is 2.00. The second-order valence-corrected chi connectivity index (χ2v) is 4.09. The van der Waals surface area contributed by atoms with Gasteiger partial charge in [0.2, 0.25) is 0 Å². The van der Waals surface area contributed by atoms with Gasteiger partial charge in [0, 0.05) is 17.5 Å². The molecule has 2 nitrogen and oxygen atoms in total. The predicted octanol–water partition coefficient (Wildman–Crippen LogP) is 1.97. The van der Waals surface area contributed by atoms with E-state index in [1.807, 2.05) is 0 Å². The van der Waals surface area contributed by atoms with Crippen molar-refractivity contribution in [3.63, 3.8) is 0 Å². The van der Waals surface area contributed by atoms with Crippen LogP contribution in [-0.4, -0.2) is 13.3 Å². The molecule has 2 heteroatoms. The highest BCUT2D eigenvalue weighted by molar-refractivity contribution is 5.36. The molecule has 0 spiro atoms. The Morgan fingerprint density at radius 1 is 1.31 bits per heavy atom. The fourth-order valence-corrected chi connectivity index (χ4v) is 1.45. The van der Waals surface area contributed by atoms with Crippen molar-refractivity contribution in [1.82, 2.24) is 5.32 Å². The third-order valence-electron chi connectivity index (χ3n) is 2.34. The lowest BCUT2D eigenvalue weighted by Crippen LogP contribution is -2.25. The highest BCUT2D eigenvalue weighted by Crippen LogP contribution is 2.26. The van der Waals surface area contributed by atoms with E-state index in [1.54, 1.807) is 0 Å². The molecule has 1 aliphatic carbocycles. The van der Waals surface area contributed by atoms with Gasteiger partial charge >= 0.3 is 0 Å². The van der Waals surface area contributed by atoms with E-state index in [1.165, 1.54) is 5.57 Å². The summed E-state index contributed by atoms with van der Waals surface area (Å²) in [6.45, 7) is 5.90. The van der Waals surface area contributed by atoms with Crippen molar-refractivity contribution >= 4 is 0 Å². The monoisotopic (exact) mass is 177 g/mol. The van der Waals surface area contributed by atoms with Crippen molar-refractivity contribution < 1.29 is 4.74 Å². The standard InChI is InChI=1S/C11H15NO/c1-11(2)5-3-9-7-12-8-13-10(9)4-6-11/h3-6,12H,7-8H2,1-2H3. The summed E-state index contributed by atoms with van der Waals surface area (Å²) >= 11 is 0. The first-order valence-corrected chi connectivity index (χ1v) is 4.62. The van der Waals surface area contributed by atoms with E-state index in [0.717, 1.165) is 12.3 Å². The maximum atomic E-state index is 5.49. The van der Waals surface area contributed by atoms with Crippen molar-refractivity contribution in [1.29, 1.82) is 0 Å². The summed E-state index contributed by atoms with van der Waals surface area (Å²) in [5.41, 5.74) is 1.38. The van der Waals surface area contributed by atoms with Crippen molar-refractivity contribution in [2.75, 3.05) is 13.3 Å². The first-order valence-electron chi connectivity index (χ1n) is 4.62. The Morgan fingerprint density at radius 3 is 2.92 bits per heavy atom. The minimum absolute atomic E-state index is 0.140. The van der Waals surface area contributed by atoms with Gasteiger partial charge in [0.25, 0.3) is 0 Å². The van der Waals surface area contributed by atoms with Crippen LogP contribution in [-0.2, 0) is 4.74 Å². The summed E-state index contributed by atoms with van der Waals surface area (Å²) < 4.78 is 5.49. The van der Waals surface area contributed by atoms with Crippen molar-refractivity contribution in [3.05, 3.63) is 35.6 Å². The molecule has 1 N–H and O–H groups in total. The van der Waals surface area contributed by atoms with Crippen LogP contribution in [0.1, 0.15) is 13.8 Å². The number of nitrogens with one attached hydrogen (secondary N) is 1. The van der Waals surface area contributed by atoms with E-state index in [9.17, 15) is 0 Å². The van der Waals surface area contributed by atoms with Gasteiger partial charge in [-0.25, -0.2) is 0 Å². The fraction of sp³-hybridized carbons (Fsp3) is 0.455. The highest BCUT2D eigenvalue weighted by atomic mass is 16.5. The summed E-state index contributed by atoms with van der Waals surface area (Å²) in [7, 11) is 0. The first-order chi connectivity index (χ1) is 6.17. The molecule has 1 aliphatic heterocycles. The predicted molar refractivity (Wildman–Crippen MR) is 53.0 cm³/mol. The normalized spacial score (nSPS) is 25.1. The third-order valence-corrected chi connectivity index (χ3v) is 2.34. The van der Waals surface area contributed by atoms with Crippen LogP contribution in [0.4, 0.5) is 0 Å². The van der Waals surface area contributed by atoms with E-state index in [-0.39, 0.29) is 5.41 Å². The molecule has 13 heavy (non-hydrogen) atoms. The minimum atomic E-state index is 0.140. The smallest absolute Gasteiger partial charge is 0.139 e. The molecule has 0 aromatic rings. The Morgan fingerprint density at radius 2 is 2.08 bits per heavy atom. The molecule has 0 saturated carbocycles. The average molecular weight is 177 g/mol.